The molecule has 1 rings (SSSR count). The summed E-state index contributed by atoms with van der Waals surface area (Å²) in [6.07, 6.45) is 5.22. The second-order valence-corrected chi connectivity index (χ2v) is 6.39. The molecule has 0 aliphatic carbocycles. The van der Waals surface area contributed by atoms with Crippen molar-refractivity contribution < 1.29 is 0 Å². The summed E-state index contributed by atoms with van der Waals surface area (Å²) in [5, 5.41) is 7.79. The lowest BCUT2D eigenvalue weighted by Gasteiger charge is -2.34. The van der Waals surface area contributed by atoms with Crippen LogP contribution in [0.2, 0.25) is 0 Å². The highest BCUT2D eigenvalue weighted by molar-refractivity contribution is 5.03. The molecular formula is C15H30N4. The summed E-state index contributed by atoms with van der Waals surface area (Å²) in [6.45, 7) is 12.2. The average Bonchev–Trinajstić information content (AvgIpc) is 2.72. The van der Waals surface area contributed by atoms with Crippen LogP contribution in [0, 0.1) is 5.41 Å². The molecule has 19 heavy (non-hydrogen) atoms. The normalized spacial score (nSPS) is 15.2. The topological polar surface area (TPSA) is 33.1 Å². The van der Waals surface area contributed by atoms with E-state index in [0.29, 0.717) is 11.5 Å². The Balaban J connectivity index is 2.49. The Morgan fingerprint density at radius 2 is 2.16 bits per heavy atom. The Kier molecular flexibility index (Phi) is 6.01. The smallest absolute Gasteiger partial charge is 0.0534 e. The summed E-state index contributed by atoms with van der Waals surface area (Å²) >= 11 is 0. The molecule has 1 aromatic rings. The Hall–Kier alpha value is -0.870. The third-order valence-corrected chi connectivity index (χ3v) is 3.65. The molecule has 4 heteroatoms. The number of aryl methyl sites for hydroxylation is 1. The van der Waals surface area contributed by atoms with Gasteiger partial charge in [-0.1, -0.05) is 27.7 Å². The molecule has 0 aromatic carbocycles. The summed E-state index contributed by atoms with van der Waals surface area (Å²) in [5.74, 6) is 0. The molecule has 0 amide bonds. The van der Waals surface area contributed by atoms with E-state index in [2.05, 4.69) is 56.3 Å². The van der Waals surface area contributed by atoms with E-state index in [1.807, 2.05) is 17.9 Å². The van der Waals surface area contributed by atoms with Crippen molar-refractivity contribution >= 4 is 0 Å². The highest BCUT2D eigenvalue weighted by atomic mass is 15.2. The van der Waals surface area contributed by atoms with Gasteiger partial charge in [-0.25, -0.2) is 0 Å². The zero-order valence-corrected chi connectivity index (χ0v) is 13.4. The molecule has 110 valence electrons. The molecule has 1 unspecified atom stereocenters. The van der Waals surface area contributed by atoms with Gasteiger partial charge in [-0.2, -0.15) is 5.10 Å². The van der Waals surface area contributed by atoms with Crippen molar-refractivity contribution in [3.63, 3.8) is 0 Å². The van der Waals surface area contributed by atoms with Crippen LogP contribution in [-0.4, -0.2) is 40.9 Å². The minimum atomic E-state index is 0.321. The molecule has 1 heterocycles. The number of nitrogens with one attached hydrogen (secondary N) is 1. The predicted molar refractivity (Wildman–Crippen MR) is 81.1 cm³/mol. The van der Waals surface area contributed by atoms with E-state index in [0.717, 1.165) is 19.6 Å². The summed E-state index contributed by atoms with van der Waals surface area (Å²) in [7, 11) is 4.16. The Bertz CT molecular complexity index is 372. The molecule has 1 aromatic heterocycles. The second kappa shape index (κ2) is 7.06. The maximum atomic E-state index is 4.22. The van der Waals surface area contributed by atoms with E-state index < -0.39 is 0 Å². The molecule has 0 aliphatic rings. The van der Waals surface area contributed by atoms with E-state index in [1.165, 1.54) is 12.0 Å². The maximum Gasteiger partial charge on any atom is 0.0534 e. The van der Waals surface area contributed by atoms with E-state index in [9.17, 15) is 0 Å². The summed E-state index contributed by atoms with van der Waals surface area (Å²) in [4.78, 5) is 2.39. The fourth-order valence-electron chi connectivity index (χ4n) is 2.32. The van der Waals surface area contributed by atoms with Crippen LogP contribution in [0.4, 0.5) is 0 Å². The van der Waals surface area contributed by atoms with Gasteiger partial charge in [0.15, 0.2) is 0 Å². The lowest BCUT2D eigenvalue weighted by atomic mass is 9.86. The van der Waals surface area contributed by atoms with E-state index >= 15 is 0 Å². The minimum absolute atomic E-state index is 0.321. The van der Waals surface area contributed by atoms with Gasteiger partial charge in [0.25, 0.3) is 0 Å². The largest absolute Gasteiger partial charge is 0.314 e. The average molecular weight is 266 g/mol. The van der Waals surface area contributed by atoms with Crippen LogP contribution >= 0.6 is 0 Å². The summed E-state index contributed by atoms with van der Waals surface area (Å²) in [5.41, 5.74) is 1.60. The Morgan fingerprint density at radius 1 is 1.47 bits per heavy atom. The van der Waals surface area contributed by atoms with Crippen LogP contribution < -0.4 is 5.32 Å². The molecule has 0 saturated heterocycles. The number of aromatic nitrogens is 2. The van der Waals surface area contributed by atoms with E-state index in [4.69, 9.17) is 0 Å². The number of hydrogen-bond acceptors (Lipinski definition) is 3. The molecule has 0 saturated carbocycles. The first-order valence-electron chi connectivity index (χ1n) is 7.24. The van der Waals surface area contributed by atoms with Crippen LogP contribution in [0.15, 0.2) is 12.4 Å². The zero-order chi connectivity index (χ0) is 14.5. The Morgan fingerprint density at radius 3 is 2.63 bits per heavy atom. The van der Waals surface area contributed by atoms with Crippen LogP contribution in [0.5, 0.6) is 0 Å². The van der Waals surface area contributed by atoms with Crippen LogP contribution in [0.3, 0.4) is 0 Å². The number of hydrogen-bond donors (Lipinski definition) is 1. The quantitative estimate of drug-likeness (QED) is 0.783. The molecule has 0 fully saturated rings. The van der Waals surface area contributed by atoms with Gasteiger partial charge in [-0.15, -0.1) is 0 Å². The van der Waals surface area contributed by atoms with Crippen molar-refractivity contribution in [3.8, 4) is 0 Å². The van der Waals surface area contributed by atoms with Gasteiger partial charge in [-0.3, -0.25) is 4.68 Å². The zero-order valence-electron chi connectivity index (χ0n) is 13.4. The summed E-state index contributed by atoms with van der Waals surface area (Å²) in [6, 6.07) is 0.550. The SMILES string of the molecule is CCC(C)(CNC(C)C)CN(C)Cc1cnn(C)c1. The van der Waals surface area contributed by atoms with Crippen molar-refractivity contribution in [1.82, 2.24) is 20.0 Å². The molecule has 0 aliphatic heterocycles. The standard InChI is InChI=1S/C15H30N4/c1-7-15(4,11-16-13(2)3)12-18(5)9-14-8-17-19(6)10-14/h8,10,13,16H,7,9,11-12H2,1-6H3. The molecule has 1 atom stereocenters. The first-order valence-corrected chi connectivity index (χ1v) is 7.24. The fraction of sp³-hybridized carbons (Fsp3) is 0.800. The predicted octanol–water partition coefficient (Wildman–Crippen LogP) is 2.27. The van der Waals surface area contributed by atoms with Gasteiger partial charge in [0.2, 0.25) is 0 Å². The van der Waals surface area contributed by atoms with Crippen LogP contribution in [0.1, 0.15) is 39.7 Å². The molecule has 1 N–H and O–H groups in total. The molecule has 0 radical (unpaired) electrons. The van der Waals surface area contributed by atoms with Crippen molar-refractivity contribution in [2.45, 2.75) is 46.7 Å². The monoisotopic (exact) mass is 266 g/mol. The third-order valence-electron chi connectivity index (χ3n) is 3.65. The highest BCUT2D eigenvalue weighted by Crippen LogP contribution is 2.22. The van der Waals surface area contributed by atoms with E-state index in [1.54, 1.807) is 0 Å². The van der Waals surface area contributed by atoms with Crippen LogP contribution in [0.25, 0.3) is 0 Å². The highest BCUT2D eigenvalue weighted by Gasteiger charge is 2.24. The van der Waals surface area contributed by atoms with Gasteiger partial charge >= 0.3 is 0 Å². The van der Waals surface area contributed by atoms with Crippen molar-refractivity contribution in [2.24, 2.45) is 12.5 Å². The van der Waals surface area contributed by atoms with Crippen LogP contribution in [-0.2, 0) is 13.6 Å². The number of rotatable bonds is 8. The first-order chi connectivity index (χ1) is 8.84. The summed E-state index contributed by atoms with van der Waals surface area (Å²) < 4.78 is 1.86. The van der Waals surface area contributed by atoms with Gasteiger partial charge < -0.3 is 10.2 Å². The van der Waals surface area contributed by atoms with Crippen molar-refractivity contribution in [1.29, 1.82) is 0 Å². The maximum absolute atomic E-state index is 4.22. The Labute approximate surface area is 118 Å². The molecular weight excluding hydrogens is 236 g/mol. The van der Waals surface area contributed by atoms with Gasteiger partial charge in [0.1, 0.15) is 0 Å². The molecule has 4 nitrogen and oxygen atoms in total. The lowest BCUT2D eigenvalue weighted by Crippen LogP contribution is -2.42. The van der Waals surface area contributed by atoms with Gasteiger partial charge in [0, 0.05) is 44.5 Å². The van der Waals surface area contributed by atoms with Gasteiger partial charge in [-0.05, 0) is 18.9 Å². The lowest BCUT2D eigenvalue weighted by molar-refractivity contribution is 0.172. The minimum Gasteiger partial charge on any atom is -0.314 e. The second-order valence-electron chi connectivity index (χ2n) is 6.39. The van der Waals surface area contributed by atoms with E-state index in [-0.39, 0.29) is 0 Å². The fourth-order valence-corrected chi connectivity index (χ4v) is 2.32. The molecule has 0 spiro atoms. The first kappa shape index (κ1) is 16.2. The molecule has 0 bridgehead atoms. The van der Waals surface area contributed by atoms with Crippen molar-refractivity contribution in [3.05, 3.63) is 18.0 Å². The number of nitrogens with zero attached hydrogens (tertiary/aromatic N) is 3. The van der Waals surface area contributed by atoms with Crippen molar-refractivity contribution in [2.75, 3.05) is 20.1 Å². The third kappa shape index (κ3) is 5.74. The van der Waals surface area contributed by atoms with Gasteiger partial charge in [0.05, 0.1) is 6.20 Å².